The molecule has 0 saturated carbocycles. The third kappa shape index (κ3) is 3.55. The minimum Gasteiger partial charge on any atom is -0.298 e. The van der Waals surface area contributed by atoms with Crippen molar-refractivity contribution in [2.24, 2.45) is 0 Å². The minimum absolute atomic E-state index is 0.377. The van der Waals surface area contributed by atoms with Gasteiger partial charge in [-0.2, -0.15) is 4.31 Å². The van der Waals surface area contributed by atoms with Gasteiger partial charge in [0.1, 0.15) is 6.17 Å². The smallest absolute Gasteiger partial charge is 0.235 e. The van der Waals surface area contributed by atoms with Crippen molar-refractivity contribution in [2.75, 3.05) is 32.7 Å². The van der Waals surface area contributed by atoms with Gasteiger partial charge in [0.2, 0.25) is 10.0 Å². The number of rotatable bonds is 4. The van der Waals surface area contributed by atoms with Gasteiger partial charge in [0.25, 0.3) is 0 Å². The summed E-state index contributed by atoms with van der Waals surface area (Å²) in [5.41, 5.74) is 0. The van der Waals surface area contributed by atoms with Crippen LogP contribution in [-0.4, -0.2) is 56.5 Å². The Morgan fingerprint density at radius 3 is 2.33 bits per heavy atom. The van der Waals surface area contributed by atoms with Crippen LogP contribution in [-0.2, 0) is 10.0 Å². The van der Waals surface area contributed by atoms with E-state index in [0.29, 0.717) is 32.7 Å². The Balaban J connectivity index is 2.46. The molecule has 0 aliphatic carbocycles. The Kier molecular flexibility index (Phi) is 4.24. The highest BCUT2D eigenvalue weighted by Gasteiger charge is 2.24. The normalized spacial score (nSPS) is 22.5. The molecular formula is C9H17FN2O2S. The summed E-state index contributed by atoms with van der Waals surface area (Å²) in [6.45, 7) is 7.16. The molecule has 0 N–H and O–H groups in total. The molecule has 0 aromatic rings. The van der Waals surface area contributed by atoms with E-state index in [4.69, 9.17) is 0 Å². The monoisotopic (exact) mass is 236 g/mol. The van der Waals surface area contributed by atoms with E-state index < -0.39 is 16.2 Å². The number of nitrogens with zero attached hydrogens (tertiary/aromatic N) is 2. The second-order valence-electron chi connectivity index (χ2n) is 3.69. The van der Waals surface area contributed by atoms with Crippen molar-refractivity contribution in [1.29, 1.82) is 0 Å². The molecule has 1 heterocycles. The fraction of sp³-hybridized carbons (Fsp3) is 0.778. The van der Waals surface area contributed by atoms with Crippen LogP contribution in [0.15, 0.2) is 12.0 Å². The second kappa shape index (κ2) is 5.05. The topological polar surface area (TPSA) is 40.6 Å². The summed E-state index contributed by atoms with van der Waals surface area (Å²) in [6, 6.07) is 0. The van der Waals surface area contributed by atoms with Gasteiger partial charge >= 0.3 is 0 Å². The highest BCUT2D eigenvalue weighted by molar-refractivity contribution is 7.92. The first kappa shape index (κ1) is 12.6. The standard InChI is InChI=1S/C9H17FN2O2S/c1-3-15(13,14)12-6-4-11(5-7-12)8-9(2)10/h3,9H,1,4-8H2,2H3. The van der Waals surface area contributed by atoms with Crippen molar-refractivity contribution in [3.05, 3.63) is 12.0 Å². The average Bonchev–Trinajstić information content (AvgIpc) is 2.18. The highest BCUT2D eigenvalue weighted by atomic mass is 32.2. The van der Waals surface area contributed by atoms with Gasteiger partial charge in [-0.05, 0) is 6.92 Å². The average molecular weight is 236 g/mol. The van der Waals surface area contributed by atoms with E-state index >= 15 is 0 Å². The fourth-order valence-electron chi connectivity index (χ4n) is 1.63. The number of piperazine rings is 1. The van der Waals surface area contributed by atoms with Crippen LogP contribution < -0.4 is 0 Å². The highest BCUT2D eigenvalue weighted by Crippen LogP contribution is 2.09. The first-order valence-corrected chi connectivity index (χ1v) is 6.45. The lowest BCUT2D eigenvalue weighted by Gasteiger charge is -2.33. The van der Waals surface area contributed by atoms with Crippen LogP contribution in [0.4, 0.5) is 4.39 Å². The molecule has 0 amide bonds. The summed E-state index contributed by atoms with van der Waals surface area (Å²) in [6.07, 6.45) is -0.868. The zero-order valence-electron chi connectivity index (χ0n) is 8.89. The lowest BCUT2D eigenvalue weighted by atomic mass is 10.3. The summed E-state index contributed by atoms with van der Waals surface area (Å²) < 4.78 is 36.9. The van der Waals surface area contributed by atoms with Gasteiger partial charge in [0.05, 0.1) is 0 Å². The number of sulfonamides is 1. The van der Waals surface area contributed by atoms with Gasteiger partial charge in [-0.15, -0.1) is 0 Å². The third-order valence-corrected chi connectivity index (χ3v) is 3.92. The lowest BCUT2D eigenvalue weighted by Crippen LogP contribution is -2.49. The molecule has 0 aromatic heterocycles. The summed E-state index contributed by atoms with van der Waals surface area (Å²) in [4.78, 5) is 1.93. The number of alkyl halides is 1. The van der Waals surface area contributed by atoms with Gasteiger partial charge in [0, 0.05) is 38.1 Å². The van der Waals surface area contributed by atoms with Crippen LogP contribution in [0.25, 0.3) is 0 Å². The summed E-state index contributed by atoms with van der Waals surface area (Å²) in [7, 11) is -3.30. The Hall–Kier alpha value is -0.460. The third-order valence-electron chi connectivity index (χ3n) is 2.41. The molecule has 0 spiro atoms. The maximum atomic E-state index is 12.7. The van der Waals surface area contributed by atoms with Crippen LogP contribution in [0.3, 0.4) is 0 Å². The van der Waals surface area contributed by atoms with Crippen LogP contribution in [0, 0.1) is 0 Å². The molecule has 0 aromatic carbocycles. The van der Waals surface area contributed by atoms with Gasteiger partial charge in [-0.1, -0.05) is 6.58 Å². The van der Waals surface area contributed by atoms with Gasteiger partial charge in [-0.25, -0.2) is 12.8 Å². The maximum absolute atomic E-state index is 12.7. The van der Waals surface area contributed by atoms with Gasteiger partial charge < -0.3 is 0 Å². The summed E-state index contributed by atoms with van der Waals surface area (Å²) >= 11 is 0. The van der Waals surface area contributed by atoms with Gasteiger partial charge in [-0.3, -0.25) is 4.90 Å². The lowest BCUT2D eigenvalue weighted by molar-refractivity contribution is 0.151. The van der Waals surface area contributed by atoms with E-state index in [1.54, 1.807) is 0 Å². The molecular weight excluding hydrogens is 219 g/mol. The molecule has 1 fully saturated rings. The molecule has 1 rings (SSSR count). The molecule has 4 nitrogen and oxygen atoms in total. The Morgan fingerprint density at radius 1 is 1.40 bits per heavy atom. The molecule has 1 aliphatic heterocycles. The molecule has 0 radical (unpaired) electrons. The molecule has 0 bridgehead atoms. The second-order valence-corrected chi connectivity index (χ2v) is 5.57. The van der Waals surface area contributed by atoms with E-state index in [1.165, 1.54) is 11.2 Å². The van der Waals surface area contributed by atoms with Gasteiger partial charge in [0.15, 0.2) is 0 Å². The van der Waals surface area contributed by atoms with E-state index in [2.05, 4.69) is 6.58 Å². The molecule has 1 atom stereocenters. The molecule has 1 unspecified atom stereocenters. The van der Waals surface area contributed by atoms with Crippen LogP contribution in [0.1, 0.15) is 6.92 Å². The zero-order valence-corrected chi connectivity index (χ0v) is 9.71. The van der Waals surface area contributed by atoms with E-state index in [0.717, 1.165) is 5.41 Å². The van der Waals surface area contributed by atoms with Crippen molar-refractivity contribution >= 4 is 10.0 Å². The summed E-state index contributed by atoms with van der Waals surface area (Å²) in [5.74, 6) is 0. The Morgan fingerprint density at radius 2 is 1.93 bits per heavy atom. The van der Waals surface area contributed by atoms with Crippen molar-refractivity contribution in [3.63, 3.8) is 0 Å². The van der Waals surface area contributed by atoms with Crippen molar-refractivity contribution in [1.82, 2.24) is 9.21 Å². The van der Waals surface area contributed by atoms with Crippen molar-refractivity contribution in [2.45, 2.75) is 13.1 Å². The fourth-order valence-corrected chi connectivity index (χ4v) is 2.51. The van der Waals surface area contributed by atoms with Crippen LogP contribution in [0.5, 0.6) is 0 Å². The molecule has 1 aliphatic rings. The van der Waals surface area contributed by atoms with Crippen molar-refractivity contribution in [3.8, 4) is 0 Å². The number of hydrogen-bond donors (Lipinski definition) is 0. The van der Waals surface area contributed by atoms with Crippen LogP contribution >= 0.6 is 0 Å². The molecule has 1 saturated heterocycles. The maximum Gasteiger partial charge on any atom is 0.235 e. The SMILES string of the molecule is C=CS(=O)(=O)N1CCN(CC(C)F)CC1. The number of halogens is 1. The van der Waals surface area contributed by atoms with E-state index in [1.807, 2.05) is 4.90 Å². The first-order chi connectivity index (χ1) is 6.95. The zero-order chi connectivity index (χ0) is 11.5. The van der Waals surface area contributed by atoms with Crippen molar-refractivity contribution < 1.29 is 12.8 Å². The molecule has 15 heavy (non-hydrogen) atoms. The summed E-state index contributed by atoms with van der Waals surface area (Å²) in [5, 5.41) is 0.959. The van der Waals surface area contributed by atoms with E-state index in [-0.39, 0.29) is 0 Å². The van der Waals surface area contributed by atoms with E-state index in [9.17, 15) is 12.8 Å². The first-order valence-electron chi connectivity index (χ1n) is 4.94. The predicted octanol–water partition coefficient (Wildman–Crippen LogP) is 0.435. The quantitative estimate of drug-likeness (QED) is 0.711. The Bertz CT molecular complexity index is 308. The Labute approximate surface area is 90.4 Å². The molecule has 88 valence electrons. The largest absolute Gasteiger partial charge is 0.298 e. The molecule has 6 heteroatoms. The number of hydrogen-bond acceptors (Lipinski definition) is 3. The van der Waals surface area contributed by atoms with Crippen LogP contribution in [0.2, 0.25) is 0 Å². The predicted molar refractivity (Wildman–Crippen MR) is 57.7 cm³/mol. The minimum atomic E-state index is -3.30.